The van der Waals surface area contributed by atoms with Crippen LogP contribution in [-0.4, -0.2) is 75.6 Å². The Hall–Kier alpha value is -1.36. The smallest absolute Gasteiger partial charge is 0.348 e. The summed E-state index contributed by atoms with van der Waals surface area (Å²) < 4.78 is 11.4. The summed E-state index contributed by atoms with van der Waals surface area (Å²) in [6.45, 7) is 1.11. The van der Waals surface area contributed by atoms with E-state index in [1.54, 1.807) is 0 Å². The Balaban J connectivity index is 5.51. The molecular weight excluding hydrogens is 331 g/mol. The molecule has 23 heavy (non-hydrogen) atoms. The average Bonchev–Trinajstić information content (AvgIpc) is 2.43. The number of amides is 3. The molecule has 0 aliphatic carbocycles. The van der Waals surface area contributed by atoms with Gasteiger partial charge in [-0.3, -0.25) is 23.8 Å². The number of nitrogens with zero attached hydrogens (tertiary/aromatic N) is 1. The molecule has 0 fully saturated rings. The summed E-state index contributed by atoms with van der Waals surface area (Å²) in [6, 6.07) is -2.53. The van der Waals surface area contributed by atoms with Gasteiger partial charge in [0.25, 0.3) is 5.91 Å². The number of imide groups is 1. The fourth-order valence-electron chi connectivity index (χ4n) is 1.56. The first kappa shape index (κ1) is 21.6. The van der Waals surface area contributed by atoms with Crippen LogP contribution in [0.5, 0.6) is 0 Å². The number of nitrogens with two attached hydrogens (primary N) is 1. The van der Waals surface area contributed by atoms with Crippen molar-refractivity contribution in [2.75, 3.05) is 20.2 Å². The largest absolute Gasteiger partial charge is 0.394 e. The van der Waals surface area contributed by atoms with Crippen molar-refractivity contribution < 1.29 is 33.8 Å². The highest BCUT2D eigenvalue weighted by Crippen LogP contribution is 2.42. The molecule has 0 unspecified atom stereocenters. The summed E-state index contributed by atoms with van der Waals surface area (Å²) in [5.41, 5.74) is 5.33. The van der Waals surface area contributed by atoms with Crippen LogP contribution in [0.15, 0.2) is 0 Å². The maximum absolute atomic E-state index is 12.4. The molecule has 134 valence electrons. The molecule has 0 bridgehead atoms. The SMILES string of the molecule is CNCC(=O)N(C(=O)[C@H](CO)NC(=O)[C@H](C)N)[C@@H](C)P(=O)(O)O. The van der Waals surface area contributed by atoms with Gasteiger partial charge < -0.3 is 31.3 Å². The molecule has 0 aliphatic rings. The van der Waals surface area contributed by atoms with Crippen LogP contribution in [0, 0.1) is 0 Å². The van der Waals surface area contributed by atoms with Crippen molar-refractivity contribution in [1.82, 2.24) is 15.5 Å². The lowest BCUT2D eigenvalue weighted by Gasteiger charge is -2.31. The van der Waals surface area contributed by atoms with Crippen molar-refractivity contribution in [3.05, 3.63) is 0 Å². The summed E-state index contributed by atoms with van der Waals surface area (Å²) in [5, 5.41) is 13.8. The van der Waals surface area contributed by atoms with E-state index in [2.05, 4.69) is 10.6 Å². The summed E-state index contributed by atoms with van der Waals surface area (Å²) in [7, 11) is -3.40. The number of carbonyl (C=O) groups is 3. The van der Waals surface area contributed by atoms with E-state index < -0.39 is 49.8 Å². The summed E-state index contributed by atoms with van der Waals surface area (Å²) in [4.78, 5) is 54.7. The van der Waals surface area contributed by atoms with Gasteiger partial charge in [-0.15, -0.1) is 0 Å². The van der Waals surface area contributed by atoms with Gasteiger partial charge in [0.1, 0.15) is 11.8 Å². The number of hydrogen-bond acceptors (Lipinski definition) is 7. The van der Waals surface area contributed by atoms with Gasteiger partial charge in [-0.25, -0.2) is 0 Å². The van der Waals surface area contributed by atoms with Crippen LogP contribution in [0.1, 0.15) is 13.8 Å². The van der Waals surface area contributed by atoms with Crippen LogP contribution in [0.4, 0.5) is 0 Å². The number of rotatable bonds is 8. The maximum atomic E-state index is 12.4. The third-order valence-corrected chi connectivity index (χ3v) is 4.11. The first-order valence-electron chi connectivity index (χ1n) is 6.69. The fraction of sp³-hybridized carbons (Fsp3) is 0.727. The predicted molar refractivity (Wildman–Crippen MR) is 80.0 cm³/mol. The van der Waals surface area contributed by atoms with Gasteiger partial charge >= 0.3 is 7.60 Å². The number of aliphatic hydroxyl groups excluding tert-OH is 1. The third kappa shape index (κ3) is 6.34. The van der Waals surface area contributed by atoms with Crippen LogP contribution in [-0.2, 0) is 18.9 Å². The minimum Gasteiger partial charge on any atom is -0.394 e. The highest BCUT2D eigenvalue weighted by Gasteiger charge is 2.40. The molecule has 0 aliphatic heterocycles. The van der Waals surface area contributed by atoms with Gasteiger partial charge in [-0.05, 0) is 20.9 Å². The topological polar surface area (TPSA) is 182 Å². The zero-order valence-electron chi connectivity index (χ0n) is 13.1. The van der Waals surface area contributed by atoms with Crippen LogP contribution < -0.4 is 16.4 Å². The monoisotopic (exact) mass is 354 g/mol. The van der Waals surface area contributed by atoms with Gasteiger partial charge in [0.2, 0.25) is 11.8 Å². The van der Waals surface area contributed by atoms with Crippen molar-refractivity contribution in [2.24, 2.45) is 5.73 Å². The van der Waals surface area contributed by atoms with Gasteiger partial charge in [0.15, 0.2) is 0 Å². The van der Waals surface area contributed by atoms with Gasteiger partial charge in [0.05, 0.1) is 19.2 Å². The quantitative estimate of drug-likeness (QED) is 0.246. The van der Waals surface area contributed by atoms with Crippen molar-refractivity contribution in [2.45, 2.75) is 31.7 Å². The van der Waals surface area contributed by atoms with E-state index in [1.807, 2.05) is 0 Å². The van der Waals surface area contributed by atoms with E-state index in [0.717, 1.165) is 6.92 Å². The molecular formula is C11H23N4O7P. The molecule has 3 atom stereocenters. The molecule has 0 spiro atoms. The Kier molecular flexibility index (Phi) is 8.53. The van der Waals surface area contributed by atoms with E-state index in [0.29, 0.717) is 4.90 Å². The molecule has 0 aromatic heterocycles. The minimum absolute atomic E-state index is 0.333. The highest BCUT2D eigenvalue weighted by molar-refractivity contribution is 7.52. The van der Waals surface area contributed by atoms with Crippen molar-refractivity contribution in [3.63, 3.8) is 0 Å². The van der Waals surface area contributed by atoms with Crippen molar-refractivity contribution in [1.29, 1.82) is 0 Å². The summed E-state index contributed by atoms with van der Waals surface area (Å²) in [6.07, 6.45) is 0. The Morgan fingerprint density at radius 2 is 1.78 bits per heavy atom. The molecule has 0 rings (SSSR count). The van der Waals surface area contributed by atoms with E-state index in [1.165, 1.54) is 14.0 Å². The first-order valence-corrected chi connectivity index (χ1v) is 8.38. The lowest BCUT2D eigenvalue weighted by atomic mass is 10.2. The molecule has 0 heterocycles. The second-order valence-electron chi connectivity index (χ2n) is 4.89. The van der Waals surface area contributed by atoms with Crippen LogP contribution in [0.2, 0.25) is 0 Å². The van der Waals surface area contributed by atoms with E-state index in [9.17, 15) is 33.8 Å². The number of nitrogens with one attached hydrogen (secondary N) is 2. The van der Waals surface area contributed by atoms with Crippen LogP contribution in [0.25, 0.3) is 0 Å². The second kappa shape index (κ2) is 9.06. The van der Waals surface area contributed by atoms with Crippen LogP contribution >= 0.6 is 7.60 Å². The Morgan fingerprint density at radius 1 is 1.26 bits per heavy atom. The second-order valence-corrected chi connectivity index (χ2v) is 6.81. The summed E-state index contributed by atoms with van der Waals surface area (Å²) >= 11 is 0. The Labute approximate surface area is 133 Å². The minimum atomic E-state index is -4.81. The van der Waals surface area contributed by atoms with E-state index in [-0.39, 0.29) is 6.54 Å². The number of aliphatic hydroxyl groups is 1. The van der Waals surface area contributed by atoms with Crippen molar-refractivity contribution >= 4 is 25.3 Å². The molecule has 3 amide bonds. The predicted octanol–water partition coefficient (Wildman–Crippen LogP) is -3.09. The first-order chi connectivity index (χ1) is 10.5. The molecule has 0 aromatic carbocycles. The van der Waals surface area contributed by atoms with E-state index >= 15 is 0 Å². The number of likely N-dealkylation sites (N-methyl/N-ethyl adjacent to an activating group) is 1. The molecule has 0 saturated heterocycles. The van der Waals surface area contributed by atoms with E-state index in [4.69, 9.17) is 5.73 Å². The lowest BCUT2D eigenvalue weighted by Crippen LogP contribution is -2.57. The molecule has 7 N–H and O–H groups in total. The molecule has 12 heteroatoms. The van der Waals surface area contributed by atoms with Crippen LogP contribution in [0.3, 0.4) is 0 Å². The van der Waals surface area contributed by atoms with Gasteiger partial charge in [0, 0.05) is 0 Å². The Bertz CT molecular complexity index is 493. The molecule has 0 radical (unpaired) electrons. The summed E-state index contributed by atoms with van der Waals surface area (Å²) in [5.74, 6) is -4.57. The average molecular weight is 354 g/mol. The van der Waals surface area contributed by atoms with Gasteiger partial charge in [-0.2, -0.15) is 0 Å². The van der Waals surface area contributed by atoms with Crippen molar-refractivity contribution in [3.8, 4) is 0 Å². The Morgan fingerprint density at radius 3 is 2.13 bits per heavy atom. The standard InChI is InChI=1S/C11H23N4O7P/c1-6(12)10(18)14-8(5-16)11(19)15(9(17)4-13-3)7(2)23(20,21)22/h6-8,13,16H,4-5,12H2,1-3H3,(H,14,18)(H2,20,21,22)/t6-,7+,8-/m0/s1. The van der Waals surface area contributed by atoms with Gasteiger partial charge in [-0.1, -0.05) is 0 Å². The third-order valence-electron chi connectivity index (χ3n) is 2.91. The fourth-order valence-corrected chi connectivity index (χ4v) is 2.10. The normalized spacial score (nSPS) is 15.4. The molecule has 11 nitrogen and oxygen atoms in total. The maximum Gasteiger partial charge on any atom is 0.348 e. The number of carbonyl (C=O) groups excluding carboxylic acids is 3. The molecule has 0 aromatic rings. The zero-order chi connectivity index (χ0) is 18.4. The lowest BCUT2D eigenvalue weighted by molar-refractivity contribution is -0.148. The number of hydrogen-bond donors (Lipinski definition) is 6. The highest BCUT2D eigenvalue weighted by atomic mass is 31.2. The zero-order valence-corrected chi connectivity index (χ0v) is 14.0. The molecule has 0 saturated carbocycles.